The second-order valence-corrected chi connectivity index (χ2v) is 6.64. The summed E-state index contributed by atoms with van der Waals surface area (Å²) in [6.07, 6.45) is 3.58. The normalized spacial score (nSPS) is 22.5. The van der Waals surface area contributed by atoms with Gasteiger partial charge in [0.25, 0.3) is 0 Å². The first-order valence-electron chi connectivity index (χ1n) is 7.26. The van der Waals surface area contributed by atoms with Crippen molar-refractivity contribution < 1.29 is 14.2 Å². The topological polar surface area (TPSA) is 27.7 Å². The Morgan fingerprint density at radius 2 is 2.00 bits per heavy atom. The highest BCUT2D eigenvalue weighted by molar-refractivity contribution is 9.10. The molecule has 5 heteroatoms. The van der Waals surface area contributed by atoms with Crippen molar-refractivity contribution in [3.05, 3.63) is 22.2 Å². The van der Waals surface area contributed by atoms with Crippen molar-refractivity contribution in [1.82, 2.24) is 0 Å². The number of ether oxygens (including phenoxy) is 3. The van der Waals surface area contributed by atoms with E-state index in [0.717, 1.165) is 47.4 Å². The summed E-state index contributed by atoms with van der Waals surface area (Å²) < 4.78 is 17.2. The summed E-state index contributed by atoms with van der Waals surface area (Å²) >= 11 is 10.1. The van der Waals surface area contributed by atoms with Gasteiger partial charge in [0.05, 0.1) is 25.7 Å². The lowest BCUT2D eigenvalue weighted by Crippen LogP contribution is -2.31. The molecule has 1 aromatic carbocycles. The molecule has 1 atom stereocenters. The van der Waals surface area contributed by atoms with Crippen molar-refractivity contribution >= 4 is 27.5 Å². The number of hydrogen-bond donors (Lipinski definition) is 0. The van der Waals surface area contributed by atoms with Crippen LogP contribution in [0, 0.1) is 5.92 Å². The van der Waals surface area contributed by atoms with Crippen LogP contribution in [0.4, 0.5) is 0 Å². The van der Waals surface area contributed by atoms with Gasteiger partial charge in [-0.25, -0.2) is 0 Å². The predicted octanol–water partition coefficient (Wildman–Crippen LogP) is 4.95. The molecule has 1 fully saturated rings. The zero-order valence-corrected chi connectivity index (χ0v) is 15.0. The Hall–Kier alpha value is -0.450. The molecule has 0 spiro atoms. The summed E-state index contributed by atoms with van der Waals surface area (Å²) in [6.45, 7) is 2.83. The number of rotatable bonds is 7. The van der Waals surface area contributed by atoms with Crippen molar-refractivity contribution in [3.8, 4) is 11.5 Å². The predicted molar refractivity (Wildman–Crippen MR) is 88.6 cm³/mol. The van der Waals surface area contributed by atoms with Crippen molar-refractivity contribution in [1.29, 1.82) is 0 Å². The van der Waals surface area contributed by atoms with Crippen LogP contribution in [0.5, 0.6) is 11.5 Å². The van der Waals surface area contributed by atoms with E-state index in [2.05, 4.69) is 15.9 Å². The van der Waals surface area contributed by atoms with Gasteiger partial charge in [-0.1, -0.05) is 6.07 Å². The van der Waals surface area contributed by atoms with Gasteiger partial charge >= 0.3 is 0 Å². The van der Waals surface area contributed by atoms with Crippen molar-refractivity contribution in [2.75, 3.05) is 20.8 Å². The molecule has 118 valence electrons. The number of benzene rings is 1. The van der Waals surface area contributed by atoms with Gasteiger partial charge in [-0.3, -0.25) is 0 Å². The van der Waals surface area contributed by atoms with Gasteiger partial charge in [0.1, 0.15) is 16.0 Å². The molecule has 0 aromatic heterocycles. The first kappa shape index (κ1) is 16.9. The average Bonchev–Trinajstić information content (AvgIpc) is 2.44. The molecular formula is C16H22BrClO3. The van der Waals surface area contributed by atoms with Crippen LogP contribution in [-0.2, 0) is 4.74 Å². The first-order valence-corrected chi connectivity index (χ1v) is 8.49. The molecule has 2 rings (SSSR count). The van der Waals surface area contributed by atoms with E-state index < -0.39 is 0 Å². The fourth-order valence-electron chi connectivity index (χ4n) is 2.82. The lowest BCUT2D eigenvalue weighted by molar-refractivity contribution is -0.0267. The van der Waals surface area contributed by atoms with E-state index in [0.29, 0.717) is 12.0 Å². The third kappa shape index (κ3) is 3.85. The quantitative estimate of drug-likeness (QED) is 0.629. The second-order valence-electron chi connectivity index (χ2n) is 5.32. The van der Waals surface area contributed by atoms with Gasteiger partial charge in [-0.2, -0.15) is 0 Å². The summed E-state index contributed by atoms with van der Waals surface area (Å²) in [7, 11) is 3.29. The minimum atomic E-state index is -0.0604. The first-order chi connectivity index (χ1) is 10.1. The Kier molecular flexibility index (Phi) is 6.20. The maximum absolute atomic E-state index is 6.61. The van der Waals surface area contributed by atoms with Crippen LogP contribution in [0.2, 0.25) is 0 Å². The Labute approximate surface area is 140 Å². The van der Waals surface area contributed by atoms with Gasteiger partial charge in [-0.15, -0.1) is 11.6 Å². The number of alkyl halides is 1. The third-order valence-electron chi connectivity index (χ3n) is 3.99. The molecule has 0 aliphatic heterocycles. The highest BCUT2D eigenvalue weighted by Gasteiger charge is 2.32. The molecule has 21 heavy (non-hydrogen) atoms. The van der Waals surface area contributed by atoms with Crippen LogP contribution in [0.1, 0.15) is 37.1 Å². The summed E-state index contributed by atoms with van der Waals surface area (Å²) in [6, 6.07) is 3.90. The molecule has 1 saturated carbocycles. The fourth-order valence-corrected chi connectivity index (χ4v) is 3.93. The molecule has 0 N–H and O–H groups in total. The lowest BCUT2D eigenvalue weighted by Gasteiger charge is -2.36. The Balaban J connectivity index is 2.03. The Morgan fingerprint density at radius 1 is 1.29 bits per heavy atom. The molecule has 0 radical (unpaired) electrons. The van der Waals surface area contributed by atoms with Gasteiger partial charge < -0.3 is 14.2 Å². The molecule has 1 unspecified atom stereocenters. The van der Waals surface area contributed by atoms with Crippen LogP contribution in [-0.4, -0.2) is 26.9 Å². The standard InChI is InChI=1S/C16H22BrClO3/c1-4-21-11-7-10(8-11)9-13(18)12-5-6-14(19-2)15(17)16(12)20-3/h5-6,10-11,13H,4,7-9H2,1-3H3. The maximum Gasteiger partial charge on any atom is 0.141 e. The van der Waals surface area contributed by atoms with E-state index in [9.17, 15) is 0 Å². The molecule has 1 aromatic rings. The summed E-state index contributed by atoms with van der Waals surface area (Å²) in [5.41, 5.74) is 1.01. The van der Waals surface area contributed by atoms with Gasteiger partial charge in [0.2, 0.25) is 0 Å². The molecule has 0 bridgehead atoms. The SMILES string of the molecule is CCOC1CC(CC(Cl)c2ccc(OC)c(Br)c2OC)C1. The highest BCUT2D eigenvalue weighted by atomic mass is 79.9. The van der Waals surface area contributed by atoms with Gasteiger partial charge in [0.15, 0.2) is 0 Å². The van der Waals surface area contributed by atoms with Crippen LogP contribution < -0.4 is 9.47 Å². The summed E-state index contributed by atoms with van der Waals surface area (Å²) in [5.74, 6) is 2.14. The number of halogens is 2. The van der Waals surface area contributed by atoms with E-state index in [1.807, 2.05) is 19.1 Å². The molecule has 0 heterocycles. The third-order valence-corrected chi connectivity index (χ3v) is 5.15. The number of methoxy groups -OCH3 is 2. The van der Waals surface area contributed by atoms with Crippen LogP contribution >= 0.6 is 27.5 Å². The largest absolute Gasteiger partial charge is 0.495 e. The summed E-state index contributed by atoms with van der Waals surface area (Å²) in [5, 5.41) is -0.0604. The van der Waals surface area contributed by atoms with Crippen molar-refractivity contribution in [3.63, 3.8) is 0 Å². The van der Waals surface area contributed by atoms with Crippen molar-refractivity contribution in [2.45, 2.75) is 37.7 Å². The molecule has 1 aliphatic carbocycles. The van der Waals surface area contributed by atoms with E-state index in [1.54, 1.807) is 14.2 Å². The monoisotopic (exact) mass is 376 g/mol. The van der Waals surface area contributed by atoms with E-state index in [4.69, 9.17) is 25.8 Å². The highest BCUT2D eigenvalue weighted by Crippen LogP contribution is 2.45. The Bertz CT molecular complexity index is 475. The summed E-state index contributed by atoms with van der Waals surface area (Å²) in [4.78, 5) is 0. The zero-order chi connectivity index (χ0) is 15.4. The minimum absolute atomic E-state index is 0.0604. The van der Waals surface area contributed by atoms with E-state index in [1.165, 1.54) is 0 Å². The molecule has 1 aliphatic rings. The lowest BCUT2D eigenvalue weighted by atomic mass is 9.78. The smallest absolute Gasteiger partial charge is 0.141 e. The zero-order valence-electron chi connectivity index (χ0n) is 12.7. The molecule has 0 amide bonds. The Morgan fingerprint density at radius 3 is 2.57 bits per heavy atom. The molecular weight excluding hydrogens is 356 g/mol. The maximum atomic E-state index is 6.61. The van der Waals surface area contributed by atoms with E-state index >= 15 is 0 Å². The fraction of sp³-hybridized carbons (Fsp3) is 0.625. The van der Waals surface area contributed by atoms with Crippen LogP contribution in [0.3, 0.4) is 0 Å². The van der Waals surface area contributed by atoms with Crippen LogP contribution in [0.25, 0.3) is 0 Å². The van der Waals surface area contributed by atoms with Gasteiger partial charge in [0, 0.05) is 12.2 Å². The average molecular weight is 378 g/mol. The molecule has 3 nitrogen and oxygen atoms in total. The second kappa shape index (κ2) is 7.70. The van der Waals surface area contributed by atoms with E-state index in [-0.39, 0.29) is 5.38 Å². The van der Waals surface area contributed by atoms with Gasteiger partial charge in [-0.05, 0) is 54.1 Å². The van der Waals surface area contributed by atoms with Crippen molar-refractivity contribution in [2.24, 2.45) is 5.92 Å². The minimum Gasteiger partial charge on any atom is -0.495 e. The number of hydrogen-bond acceptors (Lipinski definition) is 3. The van der Waals surface area contributed by atoms with Crippen LogP contribution in [0.15, 0.2) is 16.6 Å². The molecule has 0 saturated heterocycles.